The molecule has 0 aliphatic heterocycles. The van der Waals surface area contributed by atoms with Gasteiger partial charge in [0, 0.05) is 22.7 Å². The van der Waals surface area contributed by atoms with Gasteiger partial charge in [0.05, 0.1) is 16.2 Å². The topological polar surface area (TPSA) is 93.8 Å². The van der Waals surface area contributed by atoms with Crippen molar-refractivity contribution in [1.29, 1.82) is 0 Å². The van der Waals surface area contributed by atoms with E-state index in [2.05, 4.69) is 10.5 Å². The minimum atomic E-state index is -0.561. The highest BCUT2D eigenvalue weighted by Gasteiger charge is 2.09. The summed E-state index contributed by atoms with van der Waals surface area (Å²) in [6.45, 7) is -0.347. The molecule has 0 unspecified atom stereocenters. The van der Waals surface area contributed by atoms with Crippen molar-refractivity contribution in [3.05, 3.63) is 67.1 Å². The van der Waals surface area contributed by atoms with E-state index in [1.54, 1.807) is 18.2 Å². The summed E-state index contributed by atoms with van der Waals surface area (Å²) in [5, 5.41) is 15.2. The van der Waals surface area contributed by atoms with Crippen molar-refractivity contribution in [2.24, 2.45) is 5.10 Å². The maximum Gasteiger partial charge on any atom is 0.277 e. The van der Waals surface area contributed by atoms with Gasteiger partial charge < -0.3 is 4.74 Å². The SMILES string of the molecule is O=C(COc1cccc(Cl)c1Cl)N/N=C\c1cc([N+](=O)[O-])ccc1Cl. The molecule has 0 aliphatic carbocycles. The van der Waals surface area contributed by atoms with Crippen molar-refractivity contribution in [2.75, 3.05) is 6.61 Å². The molecule has 0 aromatic heterocycles. The highest BCUT2D eigenvalue weighted by Crippen LogP contribution is 2.31. The lowest BCUT2D eigenvalue weighted by molar-refractivity contribution is -0.384. The first-order valence-electron chi connectivity index (χ1n) is 6.71. The Bertz CT molecular complexity index is 843. The number of halogens is 3. The van der Waals surface area contributed by atoms with Crippen molar-refractivity contribution in [3.63, 3.8) is 0 Å². The number of hydrogen-bond acceptors (Lipinski definition) is 5. The molecule has 0 atom stereocenters. The molecule has 1 N–H and O–H groups in total. The molecule has 0 fully saturated rings. The van der Waals surface area contributed by atoms with Gasteiger partial charge in [-0.15, -0.1) is 0 Å². The number of non-ortho nitro benzene ring substituents is 1. The summed E-state index contributed by atoms with van der Waals surface area (Å²) in [4.78, 5) is 21.9. The van der Waals surface area contributed by atoms with Crippen molar-refractivity contribution < 1.29 is 14.5 Å². The summed E-state index contributed by atoms with van der Waals surface area (Å²) in [5.74, 6) is -0.302. The number of rotatable bonds is 6. The summed E-state index contributed by atoms with van der Waals surface area (Å²) in [5.41, 5.74) is 2.36. The maximum absolute atomic E-state index is 11.7. The Kier molecular flexibility index (Phi) is 6.58. The number of benzene rings is 2. The number of amides is 1. The molecule has 0 bridgehead atoms. The molecule has 0 saturated carbocycles. The van der Waals surface area contributed by atoms with Gasteiger partial charge in [0.1, 0.15) is 10.8 Å². The third-order valence-corrected chi connectivity index (χ3v) is 4.00. The summed E-state index contributed by atoms with van der Waals surface area (Å²) in [7, 11) is 0. The second-order valence-corrected chi connectivity index (χ2v) is 5.79. The van der Waals surface area contributed by atoms with E-state index < -0.39 is 10.8 Å². The van der Waals surface area contributed by atoms with Crippen LogP contribution in [0.15, 0.2) is 41.5 Å². The van der Waals surface area contributed by atoms with Gasteiger partial charge in [-0.1, -0.05) is 40.9 Å². The van der Waals surface area contributed by atoms with E-state index in [-0.39, 0.29) is 33.7 Å². The van der Waals surface area contributed by atoms with E-state index in [0.717, 1.165) is 0 Å². The smallest absolute Gasteiger partial charge is 0.277 e. The van der Waals surface area contributed by atoms with Gasteiger partial charge in [0.25, 0.3) is 11.6 Å². The fourth-order valence-corrected chi connectivity index (χ4v) is 2.20. The Balaban J connectivity index is 1.93. The zero-order chi connectivity index (χ0) is 18.4. The molecule has 130 valence electrons. The van der Waals surface area contributed by atoms with Crippen LogP contribution in [0.1, 0.15) is 5.56 Å². The van der Waals surface area contributed by atoms with Gasteiger partial charge in [-0.05, 0) is 18.2 Å². The predicted octanol–water partition coefficient (Wildman–Crippen LogP) is 4.08. The fourth-order valence-electron chi connectivity index (χ4n) is 1.69. The quantitative estimate of drug-likeness (QED) is 0.447. The zero-order valence-corrected chi connectivity index (χ0v) is 14.7. The first-order valence-corrected chi connectivity index (χ1v) is 7.84. The number of hydrogen-bond donors (Lipinski definition) is 1. The second kappa shape index (κ2) is 8.66. The summed E-state index contributed by atoms with van der Waals surface area (Å²) >= 11 is 17.7. The third-order valence-electron chi connectivity index (χ3n) is 2.86. The predicted molar refractivity (Wildman–Crippen MR) is 95.8 cm³/mol. The lowest BCUT2D eigenvalue weighted by atomic mass is 10.2. The van der Waals surface area contributed by atoms with E-state index in [1.165, 1.54) is 24.4 Å². The molecule has 0 aliphatic rings. The first-order chi connectivity index (χ1) is 11.9. The molecule has 0 spiro atoms. The Morgan fingerprint density at radius 1 is 1.24 bits per heavy atom. The van der Waals surface area contributed by atoms with Crippen LogP contribution in [-0.4, -0.2) is 23.7 Å². The highest BCUT2D eigenvalue weighted by molar-refractivity contribution is 6.42. The van der Waals surface area contributed by atoms with Gasteiger partial charge >= 0.3 is 0 Å². The van der Waals surface area contributed by atoms with E-state index in [1.807, 2.05) is 0 Å². The Hall–Kier alpha value is -2.35. The minimum absolute atomic E-state index is 0.142. The molecular weight excluding hydrogens is 393 g/mol. The number of carbonyl (C=O) groups is 1. The molecule has 0 saturated heterocycles. The number of hydrazone groups is 1. The van der Waals surface area contributed by atoms with Gasteiger partial charge in [0.2, 0.25) is 0 Å². The molecule has 2 aromatic carbocycles. The van der Waals surface area contributed by atoms with Crippen LogP contribution in [0.4, 0.5) is 5.69 Å². The molecule has 25 heavy (non-hydrogen) atoms. The molecule has 1 amide bonds. The van der Waals surface area contributed by atoms with Crippen LogP contribution in [0.2, 0.25) is 15.1 Å². The second-order valence-electron chi connectivity index (χ2n) is 4.60. The number of ether oxygens (including phenoxy) is 1. The summed E-state index contributed by atoms with van der Waals surface area (Å²) < 4.78 is 5.24. The zero-order valence-electron chi connectivity index (χ0n) is 12.4. The number of nitrogens with one attached hydrogen (secondary N) is 1. The van der Waals surface area contributed by atoms with E-state index in [4.69, 9.17) is 39.5 Å². The maximum atomic E-state index is 11.7. The minimum Gasteiger partial charge on any atom is -0.482 e. The van der Waals surface area contributed by atoms with Crippen LogP contribution in [0.5, 0.6) is 5.75 Å². The van der Waals surface area contributed by atoms with Gasteiger partial charge in [0.15, 0.2) is 6.61 Å². The van der Waals surface area contributed by atoms with Crippen LogP contribution in [0, 0.1) is 10.1 Å². The number of nitro groups is 1. The van der Waals surface area contributed by atoms with E-state index in [0.29, 0.717) is 5.02 Å². The molecule has 2 rings (SSSR count). The van der Waals surface area contributed by atoms with Crippen LogP contribution in [-0.2, 0) is 4.79 Å². The van der Waals surface area contributed by atoms with Crippen molar-refractivity contribution in [2.45, 2.75) is 0 Å². The Labute approximate surface area is 157 Å². The molecule has 10 heteroatoms. The first kappa shape index (κ1) is 19.0. The Morgan fingerprint density at radius 3 is 2.72 bits per heavy atom. The summed E-state index contributed by atoms with van der Waals surface area (Å²) in [6, 6.07) is 8.65. The molecule has 2 aromatic rings. The number of carbonyl (C=O) groups excluding carboxylic acids is 1. The lowest BCUT2D eigenvalue weighted by Gasteiger charge is -2.07. The van der Waals surface area contributed by atoms with Crippen molar-refractivity contribution in [3.8, 4) is 5.75 Å². The van der Waals surface area contributed by atoms with E-state index in [9.17, 15) is 14.9 Å². The van der Waals surface area contributed by atoms with Gasteiger partial charge in [-0.25, -0.2) is 5.43 Å². The van der Waals surface area contributed by atoms with Crippen LogP contribution in [0.3, 0.4) is 0 Å². The van der Waals surface area contributed by atoms with Crippen molar-refractivity contribution >= 4 is 52.6 Å². The van der Waals surface area contributed by atoms with Gasteiger partial charge in [-0.2, -0.15) is 5.10 Å². The van der Waals surface area contributed by atoms with Crippen molar-refractivity contribution in [1.82, 2.24) is 5.43 Å². The summed E-state index contributed by atoms with van der Waals surface area (Å²) in [6.07, 6.45) is 1.19. The average molecular weight is 403 g/mol. The standard InChI is InChI=1S/C15H10Cl3N3O4/c16-11-5-4-10(21(23)24)6-9(11)7-19-20-14(22)8-25-13-3-1-2-12(17)15(13)18/h1-7H,8H2,(H,20,22)/b19-7-. The number of nitrogens with zero attached hydrogens (tertiary/aromatic N) is 2. The molecule has 7 nitrogen and oxygen atoms in total. The van der Waals surface area contributed by atoms with Gasteiger partial charge in [-0.3, -0.25) is 14.9 Å². The fraction of sp³-hybridized carbons (Fsp3) is 0.0667. The molecule has 0 radical (unpaired) electrons. The van der Waals surface area contributed by atoms with E-state index >= 15 is 0 Å². The van der Waals surface area contributed by atoms with Crippen LogP contribution >= 0.6 is 34.8 Å². The third kappa shape index (κ3) is 5.32. The molecule has 0 heterocycles. The highest BCUT2D eigenvalue weighted by atomic mass is 35.5. The largest absolute Gasteiger partial charge is 0.482 e. The average Bonchev–Trinajstić information content (AvgIpc) is 2.57. The Morgan fingerprint density at radius 2 is 2.00 bits per heavy atom. The van der Waals surface area contributed by atoms with Crippen LogP contribution < -0.4 is 10.2 Å². The normalized spacial score (nSPS) is 10.7. The monoisotopic (exact) mass is 401 g/mol. The van der Waals surface area contributed by atoms with Crippen LogP contribution in [0.25, 0.3) is 0 Å². The lowest BCUT2D eigenvalue weighted by Crippen LogP contribution is -2.24. The number of nitro benzene ring substituents is 1. The molecular formula is C15H10Cl3N3O4.